The van der Waals surface area contributed by atoms with Crippen LogP contribution in [0.2, 0.25) is 0 Å². The topological polar surface area (TPSA) is 41.5 Å². The number of rotatable bonds is 2. The summed E-state index contributed by atoms with van der Waals surface area (Å²) in [6.45, 7) is 0. The average Bonchev–Trinajstić information content (AvgIpc) is 2.67. The van der Waals surface area contributed by atoms with Gasteiger partial charge in [0.15, 0.2) is 6.29 Å². The van der Waals surface area contributed by atoms with Gasteiger partial charge in [-0.3, -0.25) is 9.79 Å². The van der Waals surface area contributed by atoms with Crippen LogP contribution in [0.5, 0.6) is 0 Å². The maximum Gasteiger partial charge on any atom is 0.167 e. The van der Waals surface area contributed by atoms with E-state index in [1.54, 1.807) is 6.20 Å². The second-order valence-electron chi connectivity index (χ2n) is 4.51. The molecule has 0 amide bonds. The zero-order valence-corrected chi connectivity index (χ0v) is 10.5. The molecule has 0 saturated carbocycles. The molecule has 0 radical (unpaired) electrons. The Hall–Kier alpha value is -2.42. The number of benzene rings is 1. The van der Waals surface area contributed by atoms with E-state index in [0.29, 0.717) is 5.70 Å². The van der Waals surface area contributed by atoms with E-state index in [1.165, 1.54) is 5.57 Å². The number of anilines is 1. The largest absolute Gasteiger partial charge is 0.351 e. The maximum absolute atomic E-state index is 11.0. The van der Waals surface area contributed by atoms with E-state index in [2.05, 4.69) is 28.5 Å². The van der Waals surface area contributed by atoms with Crippen molar-refractivity contribution in [1.82, 2.24) is 0 Å². The van der Waals surface area contributed by atoms with E-state index in [-0.39, 0.29) is 0 Å². The summed E-state index contributed by atoms with van der Waals surface area (Å²) in [4.78, 5) is 15.5. The minimum atomic E-state index is 0.481. The molecule has 0 saturated heterocycles. The van der Waals surface area contributed by atoms with Gasteiger partial charge in [-0.1, -0.05) is 36.4 Å². The van der Waals surface area contributed by atoms with Crippen molar-refractivity contribution >= 4 is 17.7 Å². The van der Waals surface area contributed by atoms with Crippen LogP contribution in [0.25, 0.3) is 0 Å². The lowest BCUT2D eigenvalue weighted by atomic mass is 9.94. The first-order valence-corrected chi connectivity index (χ1v) is 6.34. The van der Waals surface area contributed by atoms with Crippen LogP contribution >= 0.6 is 0 Å². The molecule has 0 unspecified atom stereocenters. The molecule has 0 atom stereocenters. The molecular weight excluding hydrogens is 236 g/mol. The third-order valence-corrected chi connectivity index (χ3v) is 3.24. The first kappa shape index (κ1) is 11.7. The van der Waals surface area contributed by atoms with Crippen molar-refractivity contribution in [2.75, 3.05) is 5.32 Å². The molecule has 3 rings (SSSR count). The molecule has 0 aromatic heterocycles. The quantitative estimate of drug-likeness (QED) is 0.819. The van der Waals surface area contributed by atoms with E-state index in [4.69, 9.17) is 0 Å². The van der Waals surface area contributed by atoms with Crippen LogP contribution in [-0.2, 0) is 4.79 Å². The Morgan fingerprint density at radius 3 is 2.95 bits per heavy atom. The van der Waals surface area contributed by atoms with Gasteiger partial charge in [-0.2, -0.15) is 0 Å². The van der Waals surface area contributed by atoms with Crippen LogP contribution in [0, 0.1) is 0 Å². The number of carbonyl (C=O) groups is 1. The van der Waals surface area contributed by atoms with E-state index in [1.807, 2.05) is 24.3 Å². The van der Waals surface area contributed by atoms with Crippen LogP contribution in [0.1, 0.15) is 18.4 Å². The Kier molecular flexibility index (Phi) is 3.11. The normalized spacial score (nSPS) is 17.4. The van der Waals surface area contributed by atoms with E-state index in [0.717, 1.165) is 36.1 Å². The highest BCUT2D eigenvalue weighted by molar-refractivity contribution is 6.17. The summed E-state index contributed by atoms with van der Waals surface area (Å²) in [5, 5.41) is 3.11. The number of nitrogens with zero attached hydrogens (tertiary/aromatic N) is 1. The molecule has 2 aliphatic rings. The summed E-state index contributed by atoms with van der Waals surface area (Å²) in [6.07, 6.45) is 10.7. The van der Waals surface area contributed by atoms with Crippen molar-refractivity contribution < 1.29 is 4.79 Å². The third-order valence-electron chi connectivity index (χ3n) is 3.24. The Labute approximate surface area is 112 Å². The molecule has 19 heavy (non-hydrogen) atoms. The van der Waals surface area contributed by atoms with Gasteiger partial charge in [0.1, 0.15) is 0 Å². The van der Waals surface area contributed by atoms with Gasteiger partial charge in [0.25, 0.3) is 0 Å². The van der Waals surface area contributed by atoms with Crippen LogP contribution in [0.3, 0.4) is 0 Å². The lowest BCUT2D eigenvalue weighted by Crippen LogP contribution is -2.08. The van der Waals surface area contributed by atoms with Gasteiger partial charge in [-0.25, -0.2) is 0 Å². The predicted octanol–water partition coefficient (Wildman–Crippen LogP) is 3.22. The van der Waals surface area contributed by atoms with E-state index >= 15 is 0 Å². The molecule has 1 aliphatic carbocycles. The zero-order valence-electron chi connectivity index (χ0n) is 10.5. The molecule has 3 heteroatoms. The van der Waals surface area contributed by atoms with Crippen LogP contribution < -0.4 is 5.32 Å². The summed E-state index contributed by atoms with van der Waals surface area (Å²) < 4.78 is 0. The van der Waals surface area contributed by atoms with Gasteiger partial charge in [-0.05, 0) is 24.5 Å². The number of allylic oxidation sites excluding steroid dienone is 5. The zero-order chi connectivity index (χ0) is 13.1. The molecule has 0 spiro atoms. The highest BCUT2D eigenvalue weighted by Gasteiger charge is 2.16. The second kappa shape index (κ2) is 5.06. The molecule has 1 aromatic rings. The van der Waals surface area contributed by atoms with Crippen LogP contribution in [0.15, 0.2) is 65.0 Å². The van der Waals surface area contributed by atoms with Gasteiger partial charge < -0.3 is 5.32 Å². The summed E-state index contributed by atoms with van der Waals surface area (Å²) >= 11 is 0. The van der Waals surface area contributed by atoms with Crippen molar-refractivity contribution in [3.63, 3.8) is 0 Å². The van der Waals surface area contributed by atoms with Crippen molar-refractivity contribution in [2.45, 2.75) is 12.8 Å². The smallest absolute Gasteiger partial charge is 0.167 e. The fourth-order valence-electron chi connectivity index (χ4n) is 2.31. The molecule has 1 N–H and O–H groups in total. The highest BCUT2D eigenvalue weighted by atomic mass is 16.1. The Balaban J connectivity index is 2.13. The van der Waals surface area contributed by atoms with Crippen molar-refractivity contribution in [1.29, 1.82) is 0 Å². The number of carbonyl (C=O) groups excluding carboxylic acids is 1. The monoisotopic (exact) mass is 250 g/mol. The van der Waals surface area contributed by atoms with Crippen molar-refractivity contribution in [2.24, 2.45) is 4.99 Å². The summed E-state index contributed by atoms with van der Waals surface area (Å²) in [6, 6.07) is 7.93. The first-order chi connectivity index (χ1) is 9.38. The molecular formula is C16H14N2O. The standard InChI is InChI=1S/C16H14N2O/c19-11-13-10-17-16(12-6-2-1-3-7-12)14-8-4-5-9-15(14)18-13/h1-2,4-6,8-11,18H,3,7H2. The SMILES string of the molecule is O=CC1=CN=C(C2=CC=CCC2)c2ccccc2N1. The van der Waals surface area contributed by atoms with E-state index < -0.39 is 0 Å². The second-order valence-corrected chi connectivity index (χ2v) is 4.51. The number of nitrogens with one attached hydrogen (secondary N) is 1. The lowest BCUT2D eigenvalue weighted by molar-refractivity contribution is -0.104. The molecule has 1 aliphatic heterocycles. The maximum atomic E-state index is 11.0. The number of aliphatic imine (C=N–C) groups is 1. The Morgan fingerprint density at radius 2 is 2.16 bits per heavy atom. The number of aldehydes is 1. The predicted molar refractivity (Wildman–Crippen MR) is 77.2 cm³/mol. The van der Waals surface area contributed by atoms with Gasteiger partial charge in [-0.15, -0.1) is 0 Å². The van der Waals surface area contributed by atoms with Gasteiger partial charge in [0.2, 0.25) is 0 Å². The fraction of sp³-hybridized carbons (Fsp3) is 0.125. The molecule has 0 fully saturated rings. The van der Waals surface area contributed by atoms with Gasteiger partial charge in [0, 0.05) is 11.3 Å². The molecule has 1 heterocycles. The van der Waals surface area contributed by atoms with Gasteiger partial charge in [0.05, 0.1) is 17.6 Å². The minimum absolute atomic E-state index is 0.481. The number of para-hydroxylation sites is 1. The summed E-state index contributed by atoms with van der Waals surface area (Å²) in [5.74, 6) is 0. The molecule has 0 bridgehead atoms. The van der Waals surface area contributed by atoms with Gasteiger partial charge >= 0.3 is 0 Å². The Bertz CT molecular complexity index is 636. The summed E-state index contributed by atoms with van der Waals surface area (Å²) in [5.41, 5.74) is 4.60. The Morgan fingerprint density at radius 1 is 1.26 bits per heavy atom. The van der Waals surface area contributed by atoms with Crippen molar-refractivity contribution in [3.05, 3.63) is 65.5 Å². The highest BCUT2D eigenvalue weighted by Crippen LogP contribution is 2.26. The van der Waals surface area contributed by atoms with Crippen LogP contribution in [0.4, 0.5) is 5.69 Å². The minimum Gasteiger partial charge on any atom is -0.351 e. The van der Waals surface area contributed by atoms with Crippen molar-refractivity contribution in [3.8, 4) is 0 Å². The van der Waals surface area contributed by atoms with Crippen LogP contribution in [-0.4, -0.2) is 12.0 Å². The number of hydrogen-bond acceptors (Lipinski definition) is 3. The lowest BCUT2D eigenvalue weighted by Gasteiger charge is -2.14. The number of hydrogen-bond donors (Lipinski definition) is 1. The molecule has 94 valence electrons. The summed E-state index contributed by atoms with van der Waals surface area (Å²) in [7, 11) is 0. The van der Waals surface area contributed by atoms with E-state index in [9.17, 15) is 4.79 Å². The average molecular weight is 250 g/mol. The molecule has 1 aromatic carbocycles. The number of fused-ring (bicyclic) bond motifs is 1. The third kappa shape index (κ3) is 2.27. The molecule has 3 nitrogen and oxygen atoms in total. The first-order valence-electron chi connectivity index (χ1n) is 6.34. The fourth-order valence-corrected chi connectivity index (χ4v) is 2.31.